The Balaban J connectivity index is 2.06. The minimum atomic E-state index is -0.452. The van der Waals surface area contributed by atoms with Crippen LogP contribution in [0.3, 0.4) is 0 Å². The number of likely N-dealkylation sites (tertiary alicyclic amines) is 1. The molecular formula is C19H23ClN2O3. The molecule has 0 radical (unpaired) electrons. The van der Waals surface area contributed by atoms with Crippen LogP contribution in [0.1, 0.15) is 31.7 Å². The molecule has 0 spiro atoms. The van der Waals surface area contributed by atoms with Crippen LogP contribution < -0.4 is 5.56 Å². The number of nitrogens with zero attached hydrogens (tertiary/aromatic N) is 2. The van der Waals surface area contributed by atoms with Crippen LogP contribution in [0.15, 0.2) is 29.1 Å². The number of piperidine rings is 1. The highest BCUT2D eigenvalue weighted by atomic mass is 35.5. The summed E-state index contributed by atoms with van der Waals surface area (Å²) in [6.45, 7) is 3.68. The van der Waals surface area contributed by atoms with Crippen LogP contribution in [0, 0.1) is 0 Å². The molecule has 134 valence electrons. The zero-order chi connectivity index (χ0) is 18.0. The molecule has 1 aromatic carbocycles. The standard InChI is InChI=1S/C19H23ClN2O3/c1-13-5-3-4-8-21(13)11-15-9-14-6-7-16(20)10-17(14)22(19(15)24)12-18(23)25-2/h6-7,9-10,13H,3-5,8,11-12H2,1-2H3. The third-order valence-electron chi connectivity index (χ3n) is 4.96. The van der Waals surface area contributed by atoms with E-state index in [1.807, 2.05) is 12.1 Å². The van der Waals surface area contributed by atoms with Gasteiger partial charge in [0.2, 0.25) is 0 Å². The van der Waals surface area contributed by atoms with Crippen molar-refractivity contribution >= 4 is 28.5 Å². The number of benzene rings is 1. The van der Waals surface area contributed by atoms with Gasteiger partial charge < -0.3 is 4.74 Å². The van der Waals surface area contributed by atoms with Gasteiger partial charge in [0.15, 0.2) is 0 Å². The van der Waals surface area contributed by atoms with Crippen LogP contribution in [0.2, 0.25) is 5.02 Å². The van der Waals surface area contributed by atoms with Gasteiger partial charge in [0.1, 0.15) is 6.54 Å². The van der Waals surface area contributed by atoms with Crippen molar-refractivity contribution in [3.63, 3.8) is 0 Å². The van der Waals surface area contributed by atoms with E-state index in [0.29, 0.717) is 28.7 Å². The summed E-state index contributed by atoms with van der Waals surface area (Å²) in [5.74, 6) is -0.452. The van der Waals surface area contributed by atoms with Crippen molar-refractivity contribution in [1.29, 1.82) is 0 Å². The van der Waals surface area contributed by atoms with Crippen LogP contribution in [0.25, 0.3) is 10.9 Å². The predicted octanol–water partition coefficient (Wildman–Crippen LogP) is 3.20. The van der Waals surface area contributed by atoms with E-state index in [2.05, 4.69) is 11.8 Å². The molecule has 0 saturated carbocycles. The van der Waals surface area contributed by atoms with Gasteiger partial charge >= 0.3 is 5.97 Å². The fraction of sp³-hybridized carbons (Fsp3) is 0.474. The highest BCUT2D eigenvalue weighted by Crippen LogP contribution is 2.22. The number of fused-ring (bicyclic) bond motifs is 1. The van der Waals surface area contributed by atoms with E-state index >= 15 is 0 Å². The van der Waals surface area contributed by atoms with Gasteiger partial charge in [0, 0.05) is 23.2 Å². The van der Waals surface area contributed by atoms with Crippen LogP contribution in [-0.4, -0.2) is 35.1 Å². The molecule has 0 aliphatic carbocycles. The second kappa shape index (κ2) is 7.58. The topological polar surface area (TPSA) is 51.5 Å². The molecule has 1 saturated heterocycles. The van der Waals surface area contributed by atoms with E-state index in [1.54, 1.807) is 12.1 Å². The maximum Gasteiger partial charge on any atom is 0.325 e. The van der Waals surface area contributed by atoms with Crippen LogP contribution in [0.5, 0.6) is 0 Å². The van der Waals surface area contributed by atoms with Gasteiger partial charge in [-0.25, -0.2) is 0 Å². The van der Waals surface area contributed by atoms with E-state index in [9.17, 15) is 9.59 Å². The Labute approximate surface area is 152 Å². The molecule has 0 amide bonds. The largest absolute Gasteiger partial charge is 0.468 e. The van der Waals surface area contributed by atoms with Gasteiger partial charge in [-0.1, -0.05) is 24.1 Å². The molecule has 5 nitrogen and oxygen atoms in total. The first kappa shape index (κ1) is 18.0. The summed E-state index contributed by atoms with van der Waals surface area (Å²) in [4.78, 5) is 27.1. The monoisotopic (exact) mass is 362 g/mol. The summed E-state index contributed by atoms with van der Waals surface area (Å²) >= 11 is 6.09. The molecule has 2 heterocycles. The number of pyridine rings is 1. The third kappa shape index (κ3) is 3.88. The van der Waals surface area contributed by atoms with E-state index in [1.165, 1.54) is 18.1 Å². The van der Waals surface area contributed by atoms with Crippen molar-refractivity contribution in [3.8, 4) is 0 Å². The number of hydrogen-bond donors (Lipinski definition) is 0. The van der Waals surface area contributed by atoms with Crippen molar-refractivity contribution < 1.29 is 9.53 Å². The van der Waals surface area contributed by atoms with Crippen molar-refractivity contribution in [1.82, 2.24) is 9.47 Å². The molecule has 3 rings (SSSR count). The molecule has 1 unspecified atom stereocenters. The third-order valence-corrected chi connectivity index (χ3v) is 5.20. The second-order valence-electron chi connectivity index (χ2n) is 6.66. The zero-order valence-corrected chi connectivity index (χ0v) is 15.4. The average Bonchev–Trinajstić information content (AvgIpc) is 2.60. The number of carbonyl (C=O) groups is 1. The summed E-state index contributed by atoms with van der Waals surface area (Å²) in [6.07, 6.45) is 3.55. The van der Waals surface area contributed by atoms with Crippen molar-refractivity contribution in [2.24, 2.45) is 0 Å². The van der Waals surface area contributed by atoms with Crippen LogP contribution in [0.4, 0.5) is 0 Å². The minimum absolute atomic E-state index is 0.116. The van der Waals surface area contributed by atoms with Crippen molar-refractivity contribution in [2.75, 3.05) is 13.7 Å². The lowest BCUT2D eigenvalue weighted by molar-refractivity contribution is -0.141. The van der Waals surface area contributed by atoms with Crippen LogP contribution >= 0.6 is 11.6 Å². The Kier molecular flexibility index (Phi) is 5.45. The smallest absolute Gasteiger partial charge is 0.325 e. The molecule has 0 N–H and O–H groups in total. The fourth-order valence-corrected chi connectivity index (χ4v) is 3.65. The van der Waals surface area contributed by atoms with Gasteiger partial charge in [0.25, 0.3) is 5.56 Å². The number of rotatable bonds is 4. The lowest BCUT2D eigenvalue weighted by Crippen LogP contribution is -2.39. The lowest BCUT2D eigenvalue weighted by atomic mass is 10.0. The first-order valence-corrected chi connectivity index (χ1v) is 9.00. The first-order valence-electron chi connectivity index (χ1n) is 8.62. The van der Waals surface area contributed by atoms with E-state index in [4.69, 9.17) is 16.3 Å². The molecule has 1 aliphatic heterocycles. The molecule has 6 heteroatoms. The number of ether oxygens (including phenoxy) is 1. The summed E-state index contributed by atoms with van der Waals surface area (Å²) in [5.41, 5.74) is 1.20. The highest BCUT2D eigenvalue weighted by molar-refractivity contribution is 6.31. The number of halogens is 1. The predicted molar refractivity (Wildman–Crippen MR) is 99.0 cm³/mol. The normalized spacial score (nSPS) is 18.4. The fourth-order valence-electron chi connectivity index (χ4n) is 3.48. The maximum absolute atomic E-state index is 13.0. The minimum Gasteiger partial charge on any atom is -0.468 e. The second-order valence-corrected chi connectivity index (χ2v) is 7.09. The summed E-state index contributed by atoms with van der Waals surface area (Å²) in [7, 11) is 1.32. The van der Waals surface area contributed by atoms with Crippen LogP contribution in [-0.2, 0) is 22.6 Å². The van der Waals surface area contributed by atoms with E-state index < -0.39 is 5.97 Å². The Morgan fingerprint density at radius 2 is 2.12 bits per heavy atom. The quantitative estimate of drug-likeness (QED) is 0.784. The van der Waals surface area contributed by atoms with Gasteiger partial charge in [0.05, 0.1) is 12.6 Å². The summed E-state index contributed by atoms with van der Waals surface area (Å²) in [6, 6.07) is 7.78. The number of methoxy groups -OCH3 is 1. The van der Waals surface area contributed by atoms with E-state index in [0.717, 1.165) is 24.8 Å². The van der Waals surface area contributed by atoms with Gasteiger partial charge in [-0.3, -0.25) is 19.1 Å². The molecule has 25 heavy (non-hydrogen) atoms. The SMILES string of the molecule is COC(=O)Cn1c(=O)c(CN2CCCCC2C)cc2ccc(Cl)cc21. The first-order chi connectivity index (χ1) is 12.0. The van der Waals surface area contributed by atoms with E-state index in [-0.39, 0.29) is 12.1 Å². The molecule has 2 aromatic rings. The Morgan fingerprint density at radius 3 is 2.84 bits per heavy atom. The number of carbonyl (C=O) groups excluding carboxylic acids is 1. The number of hydrogen-bond acceptors (Lipinski definition) is 4. The lowest BCUT2D eigenvalue weighted by Gasteiger charge is -2.33. The van der Waals surface area contributed by atoms with Gasteiger partial charge in [-0.15, -0.1) is 0 Å². The molecule has 0 bridgehead atoms. The van der Waals surface area contributed by atoms with Crippen molar-refractivity contribution in [3.05, 3.63) is 45.2 Å². The van der Waals surface area contributed by atoms with Gasteiger partial charge in [-0.2, -0.15) is 0 Å². The molecule has 1 aromatic heterocycles. The maximum atomic E-state index is 13.0. The highest BCUT2D eigenvalue weighted by Gasteiger charge is 2.21. The molecule has 1 aliphatic rings. The Morgan fingerprint density at radius 1 is 1.32 bits per heavy atom. The Bertz CT molecular complexity index is 846. The number of aromatic nitrogens is 1. The molecule has 1 fully saturated rings. The molecule has 1 atom stereocenters. The molecular weight excluding hydrogens is 340 g/mol. The zero-order valence-electron chi connectivity index (χ0n) is 14.6. The average molecular weight is 363 g/mol. The number of esters is 1. The summed E-state index contributed by atoms with van der Waals surface area (Å²) in [5, 5.41) is 1.43. The van der Waals surface area contributed by atoms with Crippen molar-refractivity contribution in [2.45, 2.75) is 45.3 Å². The Hall–Kier alpha value is -1.85. The summed E-state index contributed by atoms with van der Waals surface area (Å²) < 4.78 is 6.22. The van der Waals surface area contributed by atoms with Gasteiger partial charge in [-0.05, 0) is 49.9 Å².